The van der Waals surface area contributed by atoms with Crippen LogP contribution < -0.4 is 15.2 Å². The lowest BCUT2D eigenvalue weighted by Gasteiger charge is -2.22. The van der Waals surface area contributed by atoms with Gasteiger partial charge in [0.15, 0.2) is 11.5 Å². The second-order valence-electron chi connectivity index (χ2n) is 4.63. The molecule has 108 valence electrons. The van der Waals surface area contributed by atoms with Crippen LogP contribution in [0.25, 0.3) is 0 Å². The van der Waals surface area contributed by atoms with E-state index < -0.39 is 0 Å². The van der Waals surface area contributed by atoms with Crippen molar-refractivity contribution >= 4 is 5.69 Å². The molecule has 0 bridgehead atoms. The van der Waals surface area contributed by atoms with Crippen LogP contribution in [0.3, 0.4) is 0 Å². The molecule has 1 aromatic rings. The average molecular weight is 266 g/mol. The van der Waals surface area contributed by atoms with Crippen LogP contribution in [0, 0.1) is 0 Å². The molecule has 1 rings (SSSR count). The van der Waals surface area contributed by atoms with Crippen LogP contribution >= 0.6 is 0 Å². The lowest BCUT2D eigenvalue weighted by atomic mass is 10.1. The minimum atomic E-state index is 0.681. The van der Waals surface area contributed by atoms with Crippen LogP contribution in [0.4, 0.5) is 5.69 Å². The Morgan fingerprint density at radius 2 is 1.74 bits per heavy atom. The highest BCUT2D eigenvalue weighted by Crippen LogP contribution is 2.32. The molecule has 0 aliphatic heterocycles. The molecule has 0 atom stereocenters. The summed E-state index contributed by atoms with van der Waals surface area (Å²) >= 11 is 0. The van der Waals surface area contributed by atoms with Crippen LogP contribution in [-0.2, 0) is 6.54 Å². The van der Waals surface area contributed by atoms with E-state index >= 15 is 0 Å². The van der Waals surface area contributed by atoms with Gasteiger partial charge in [0.1, 0.15) is 0 Å². The number of benzene rings is 1. The minimum absolute atomic E-state index is 0.681. The van der Waals surface area contributed by atoms with Crippen LogP contribution in [0.2, 0.25) is 0 Å². The molecule has 0 fully saturated rings. The molecule has 0 unspecified atom stereocenters. The van der Waals surface area contributed by atoms with Crippen LogP contribution in [0.5, 0.6) is 11.5 Å². The molecule has 2 N–H and O–H groups in total. The van der Waals surface area contributed by atoms with Gasteiger partial charge in [0.05, 0.1) is 14.2 Å². The lowest BCUT2D eigenvalue weighted by Crippen LogP contribution is -2.24. The Morgan fingerprint density at radius 3 is 2.26 bits per heavy atom. The lowest BCUT2D eigenvalue weighted by molar-refractivity contribution is 0.275. The van der Waals surface area contributed by atoms with E-state index in [1.807, 2.05) is 12.1 Å². The van der Waals surface area contributed by atoms with Gasteiger partial charge >= 0.3 is 0 Å². The van der Waals surface area contributed by atoms with E-state index in [0.29, 0.717) is 5.75 Å². The summed E-state index contributed by atoms with van der Waals surface area (Å²) < 4.78 is 10.6. The van der Waals surface area contributed by atoms with Crippen molar-refractivity contribution in [3.63, 3.8) is 0 Å². The Labute approximate surface area is 116 Å². The zero-order valence-corrected chi connectivity index (χ0v) is 12.5. The van der Waals surface area contributed by atoms with Crippen molar-refractivity contribution in [1.82, 2.24) is 4.90 Å². The number of unbranched alkanes of at least 4 members (excludes halogenated alkanes) is 1. The monoisotopic (exact) mass is 266 g/mol. The summed E-state index contributed by atoms with van der Waals surface area (Å²) in [7, 11) is 3.27. The summed E-state index contributed by atoms with van der Waals surface area (Å²) in [6, 6.07) is 3.81. The Kier molecular flexibility index (Phi) is 6.50. The smallest absolute Gasteiger partial charge is 0.162 e. The summed E-state index contributed by atoms with van der Waals surface area (Å²) in [5.74, 6) is 1.42. The Bertz CT molecular complexity index is 394. The number of rotatable bonds is 8. The van der Waals surface area contributed by atoms with Gasteiger partial charge in [0.25, 0.3) is 0 Å². The molecule has 0 spiro atoms. The Hall–Kier alpha value is -1.42. The largest absolute Gasteiger partial charge is 0.493 e. The van der Waals surface area contributed by atoms with E-state index in [1.54, 1.807) is 14.2 Å². The Morgan fingerprint density at radius 1 is 1.11 bits per heavy atom. The fourth-order valence-electron chi connectivity index (χ4n) is 2.05. The van der Waals surface area contributed by atoms with Gasteiger partial charge in [0.2, 0.25) is 0 Å². The molecule has 0 aliphatic carbocycles. The third kappa shape index (κ3) is 4.31. The van der Waals surface area contributed by atoms with Crippen molar-refractivity contribution in [2.24, 2.45) is 0 Å². The number of anilines is 1. The van der Waals surface area contributed by atoms with Crippen molar-refractivity contribution in [3.05, 3.63) is 17.7 Å². The molecular formula is C15H26N2O2. The first-order valence-corrected chi connectivity index (χ1v) is 6.88. The van der Waals surface area contributed by atoms with E-state index in [1.165, 1.54) is 12.8 Å². The molecule has 19 heavy (non-hydrogen) atoms. The first-order chi connectivity index (χ1) is 9.15. The van der Waals surface area contributed by atoms with Gasteiger partial charge in [-0.3, -0.25) is 4.90 Å². The SMILES string of the molecule is CCCCN(CC)Cc1cc(OC)c(OC)cc1N. The quantitative estimate of drug-likeness (QED) is 0.735. The normalized spacial score (nSPS) is 10.8. The van der Waals surface area contributed by atoms with E-state index in [9.17, 15) is 0 Å². The zero-order chi connectivity index (χ0) is 14.3. The molecular weight excluding hydrogens is 240 g/mol. The number of ether oxygens (including phenoxy) is 2. The summed E-state index contributed by atoms with van der Waals surface area (Å²) in [6.45, 7) is 7.35. The molecule has 0 aliphatic rings. The fraction of sp³-hybridized carbons (Fsp3) is 0.600. The summed E-state index contributed by atoms with van der Waals surface area (Å²) in [5, 5.41) is 0. The van der Waals surface area contributed by atoms with Crippen molar-refractivity contribution in [1.29, 1.82) is 0 Å². The molecule has 0 heterocycles. The van der Waals surface area contributed by atoms with Crippen LogP contribution in [0.15, 0.2) is 12.1 Å². The predicted molar refractivity (Wildman–Crippen MR) is 79.8 cm³/mol. The second kappa shape index (κ2) is 7.89. The topological polar surface area (TPSA) is 47.7 Å². The van der Waals surface area contributed by atoms with Gasteiger partial charge in [-0.25, -0.2) is 0 Å². The van der Waals surface area contributed by atoms with Gasteiger partial charge in [-0.15, -0.1) is 0 Å². The maximum absolute atomic E-state index is 6.09. The molecule has 0 aromatic heterocycles. The van der Waals surface area contributed by atoms with Gasteiger partial charge in [-0.2, -0.15) is 0 Å². The maximum atomic E-state index is 6.09. The van der Waals surface area contributed by atoms with Gasteiger partial charge in [0, 0.05) is 18.3 Å². The number of nitrogens with zero attached hydrogens (tertiary/aromatic N) is 1. The van der Waals surface area contributed by atoms with E-state index in [0.717, 1.165) is 36.6 Å². The fourth-order valence-corrected chi connectivity index (χ4v) is 2.05. The third-order valence-corrected chi connectivity index (χ3v) is 3.31. The first-order valence-electron chi connectivity index (χ1n) is 6.88. The van der Waals surface area contributed by atoms with E-state index in [-0.39, 0.29) is 0 Å². The predicted octanol–water partition coefficient (Wildman–Crippen LogP) is 2.91. The van der Waals surface area contributed by atoms with Crippen LogP contribution in [0.1, 0.15) is 32.3 Å². The first kappa shape index (κ1) is 15.6. The number of nitrogens with two attached hydrogens (primary N) is 1. The molecule has 4 heteroatoms. The molecule has 0 saturated heterocycles. The zero-order valence-electron chi connectivity index (χ0n) is 12.5. The average Bonchev–Trinajstić information content (AvgIpc) is 2.44. The van der Waals surface area contributed by atoms with Crippen molar-refractivity contribution in [3.8, 4) is 11.5 Å². The van der Waals surface area contributed by atoms with Crippen molar-refractivity contribution in [2.45, 2.75) is 33.2 Å². The molecule has 0 amide bonds. The number of methoxy groups -OCH3 is 2. The highest BCUT2D eigenvalue weighted by Gasteiger charge is 2.11. The van der Waals surface area contributed by atoms with Crippen molar-refractivity contribution in [2.75, 3.05) is 33.0 Å². The summed E-state index contributed by atoms with van der Waals surface area (Å²) in [6.07, 6.45) is 2.42. The number of nitrogen functional groups attached to an aromatic ring is 1. The number of hydrogen-bond acceptors (Lipinski definition) is 4. The molecule has 0 radical (unpaired) electrons. The summed E-state index contributed by atoms with van der Waals surface area (Å²) in [4.78, 5) is 2.39. The highest BCUT2D eigenvalue weighted by atomic mass is 16.5. The van der Waals surface area contributed by atoms with Gasteiger partial charge in [-0.1, -0.05) is 20.3 Å². The summed E-state index contributed by atoms with van der Waals surface area (Å²) in [5.41, 5.74) is 7.94. The maximum Gasteiger partial charge on any atom is 0.162 e. The van der Waals surface area contributed by atoms with Gasteiger partial charge in [-0.05, 0) is 31.1 Å². The van der Waals surface area contributed by atoms with Crippen molar-refractivity contribution < 1.29 is 9.47 Å². The minimum Gasteiger partial charge on any atom is -0.493 e. The molecule has 1 aromatic carbocycles. The van der Waals surface area contributed by atoms with E-state index in [2.05, 4.69) is 18.7 Å². The second-order valence-corrected chi connectivity index (χ2v) is 4.63. The van der Waals surface area contributed by atoms with E-state index in [4.69, 9.17) is 15.2 Å². The number of hydrogen-bond donors (Lipinski definition) is 1. The molecule has 4 nitrogen and oxygen atoms in total. The van der Waals surface area contributed by atoms with Crippen LogP contribution in [-0.4, -0.2) is 32.2 Å². The third-order valence-electron chi connectivity index (χ3n) is 3.31. The van der Waals surface area contributed by atoms with Gasteiger partial charge < -0.3 is 15.2 Å². The standard InChI is InChI=1S/C15H26N2O2/c1-5-7-8-17(6-2)11-12-9-14(18-3)15(19-4)10-13(12)16/h9-10H,5-8,11,16H2,1-4H3. The highest BCUT2D eigenvalue weighted by molar-refractivity contribution is 5.57. The Balaban J connectivity index is 2.87. The molecule has 0 saturated carbocycles.